The molecule has 0 heteroatoms. The molecule has 0 aromatic heterocycles. The molecule has 0 saturated carbocycles. The van der Waals surface area contributed by atoms with E-state index in [9.17, 15) is 0 Å². The number of hydrogen-bond donors (Lipinski definition) is 0. The fourth-order valence-corrected chi connectivity index (χ4v) is 10.9. The van der Waals surface area contributed by atoms with Crippen LogP contribution in [0.5, 0.6) is 0 Å². The molecule has 0 amide bonds. The van der Waals surface area contributed by atoms with Gasteiger partial charge in [-0.1, -0.05) is 179 Å². The van der Waals surface area contributed by atoms with E-state index in [0.29, 0.717) is 0 Å². The first kappa shape index (κ1) is 33.4. The van der Waals surface area contributed by atoms with Gasteiger partial charge in [-0.05, 0) is 151 Å². The van der Waals surface area contributed by atoms with E-state index in [1.807, 2.05) is 0 Å². The SMILES string of the molecule is CC1(C)c2ccccc2-c2ccc(-c3cc4c5ccc(-c6cccc7ccccc67)cc5c(-c5ccc6c(c5)C(C)(C)c5ccccc5-6)cc4c4ccccc34)cc21. The van der Waals surface area contributed by atoms with Crippen molar-refractivity contribution in [2.24, 2.45) is 0 Å². The maximum Gasteiger partial charge on any atom is 0.0159 e. The maximum absolute atomic E-state index is 2.50. The number of rotatable bonds is 3. The lowest BCUT2D eigenvalue weighted by Gasteiger charge is -2.23. The van der Waals surface area contributed by atoms with Crippen molar-refractivity contribution in [2.75, 3.05) is 0 Å². The summed E-state index contributed by atoms with van der Waals surface area (Å²) in [4.78, 5) is 0. The summed E-state index contributed by atoms with van der Waals surface area (Å²) in [7, 11) is 0. The third-order valence-electron chi connectivity index (χ3n) is 13.9. The molecule has 2 aliphatic carbocycles. The average molecular weight is 739 g/mol. The van der Waals surface area contributed by atoms with Crippen molar-refractivity contribution < 1.29 is 0 Å². The number of benzene rings is 10. The summed E-state index contributed by atoms with van der Waals surface area (Å²) in [6, 6.07) is 69.0. The Hall–Kier alpha value is -6.76. The standard InChI is InChI=1S/C58H42/c1-57(2)53-22-11-9-19-44(53)46-28-25-37(31-55(46)57)48-33-52-43-27-24-36(40-21-13-15-35-14-5-6-16-39(35)40)30-50(43)49(34-51(52)42-18-8-7-17-41(42)48)38-26-29-47-45-20-10-12-23-54(45)58(3,4)56(47)32-38/h5-34H,1-4H3. The van der Waals surface area contributed by atoms with E-state index in [1.54, 1.807) is 0 Å². The first-order chi connectivity index (χ1) is 28.3. The molecule has 0 radical (unpaired) electrons. The van der Waals surface area contributed by atoms with Gasteiger partial charge in [0.05, 0.1) is 0 Å². The minimum atomic E-state index is -0.0872. The topological polar surface area (TPSA) is 0 Å². The first-order valence-electron chi connectivity index (χ1n) is 20.7. The van der Waals surface area contributed by atoms with Crippen molar-refractivity contribution in [3.8, 4) is 55.6 Å². The van der Waals surface area contributed by atoms with Crippen LogP contribution in [0, 0.1) is 0 Å². The molecule has 12 rings (SSSR count). The van der Waals surface area contributed by atoms with E-state index in [-0.39, 0.29) is 10.8 Å². The zero-order valence-corrected chi connectivity index (χ0v) is 33.3. The van der Waals surface area contributed by atoms with Crippen molar-refractivity contribution in [1.29, 1.82) is 0 Å². The summed E-state index contributed by atoms with van der Waals surface area (Å²) in [5, 5.41) is 10.2. The van der Waals surface area contributed by atoms with Crippen molar-refractivity contribution in [3.05, 3.63) is 204 Å². The van der Waals surface area contributed by atoms with Crippen LogP contribution in [0.15, 0.2) is 182 Å². The monoisotopic (exact) mass is 738 g/mol. The maximum atomic E-state index is 2.50. The van der Waals surface area contributed by atoms with Gasteiger partial charge in [-0.3, -0.25) is 0 Å². The molecule has 0 bridgehead atoms. The fourth-order valence-electron chi connectivity index (χ4n) is 10.9. The van der Waals surface area contributed by atoms with Gasteiger partial charge in [-0.15, -0.1) is 0 Å². The predicted molar refractivity (Wildman–Crippen MR) is 248 cm³/mol. The smallest absolute Gasteiger partial charge is 0.0159 e. The molecule has 10 aromatic rings. The van der Waals surface area contributed by atoms with Crippen LogP contribution in [0.25, 0.3) is 98.7 Å². The molecule has 0 aliphatic heterocycles. The first-order valence-corrected chi connectivity index (χ1v) is 20.7. The van der Waals surface area contributed by atoms with Gasteiger partial charge in [0, 0.05) is 10.8 Å². The Morgan fingerprint density at radius 3 is 1.31 bits per heavy atom. The van der Waals surface area contributed by atoms with E-state index in [4.69, 9.17) is 0 Å². The second kappa shape index (κ2) is 11.9. The van der Waals surface area contributed by atoms with Crippen LogP contribution in [-0.4, -0.2) is 0 Å². The molecule has 0 saturated heterocycles. The molecule has 2 aliphatic rings. The molecule has 274 valence electrons. The summed E-state index contributed by atoms with van der Waals surface area (Å²) in [6.45, 7) is 9.52. The summed E-state index contributed by atoms with van der Waals surface area (Å²) in [6.07, 6.45) is 0. The summed E-state index contributed by atoms with van der Waals surface area (Å²) in [5.41, 5.74) is 18.4. The molecule has 0 nitrogen and oxygen atoms in total. The van der Waals surface area contributed by atoms with Crippen LogP contribution in [0.3, 0.4) is 0 Å². The van der Waals surface area contributed by atoms with Gasteiger partial charge in [0.1, 0.15) is 0 Å². The molecule has 0 unspecified atom stereocenters. The Labute approximate surface area is 340 Å². The van der Waals surface area contributed by atoms with E-state index in [0.717, 1.165) is 0 Å². The zero-order valence-electron chi connectivity index (χ0n) is 33.3. The second-order valence-electron chi connectivity index (χ2n) is 17.6. The highest BCUT2D eigenvalue weighted by molar-refractivity contribution is 6.24. The number of fused-ring (bicyclic) bond motifs is 12. The Morgan fingerprint density at radius 2 is 0.672 bits per heavy atom. The van der Waals surface area contributed by atoms with Crippen molar-refractivity contribution >= 4 is 43.1 Å². The van der Waals surface area contributed by atoms with Gasteiger partial charge >= 0.3 is 0 Å². The van der Waals surface area contributed by atoms with Gasteiger partial charge in [-0.2, -0.15) is 0 Å². The Bertz CT molecular complexity index is 3380. The van der Waals surface area contributed by atoms with E-state index >= 15 is 0 Å². The minimum Gasteiger partial charge on any atom is -0.0619 e. The van der Waals surface area contributed by atoms with Gasteiger partial charge in [0.25, 0.3) is 0 Å². The number of hydrogen-bond acceptors (Lipinski definition) is 0. The molecular formula is C58H42. The van der Waals surface area contributed by atoms with E-state index in [1.165, 1.54) is 121 Å². The third kappa shape index (κ3) is 4.58. The van der Waals surface area contributed by atoms with Gasteiger partial charge in [-0.25, -0.2) is 0 Å². The molecule has 0 atom stereocenters. The lowest BCUT2D eigenvalue weighted by Crippen LogP contribution is -2.14. The fraction of sp³-hybridized carbons (Fsp3) is 0.103. The molecule has 0 heterocycles. The molecule has 58 heavy (non-hydrogen) atoms. The van der Waals surface area contributed by atoms with Crippen molar-refractivity contribution in [3.63, 3.8) is 0 Å². The lowest BCUT2D eigenvalue weighted by atomic mass is 9.80. The van der Waals surface area contributed by atoms with Crippen LogP contribution in [-0.2, 0) is 10.8 Å². The summed E-state index contributed by atoms with van der Waals surface area (Å²) < 4.78 is 0. The minimum absolute atomic E-state index is 0.0695. The van der Waals surface area contributed by atoms with Crippen LogP contribution in [0.1, 0.15) is 49.9 Å². The molecule has 0 N–H and O–H groups in total. The second-order valence-corrected chi connectivity index (χ2v) is 17.6. The van der Waals surface area contributed by atoms with E-state index in [2.05, 4.69) is 210 Å². The third-order valence-corrected chi connectivity index (χ3v) is 13.9. The van der Waals surface area contributed by atoms with Crippen molar-refractivity contribution in [2.45, 2.75) is 38.5 Å². The molecule has 0 fully saturated rings. The Balaban J connectivity index is 1.14. The highest BCUT2D eigenvalue weighted by Gasteiger charge is 2.36. The Kier molecular flexibility index (Phi) is 6.84. The summed E-state index contributed by atoms with van der Waals surface area (Å²) in [5.74, 6) is 0. The van der Waals surface area contributed by atoms with Gasteiger partial charge in [0.15, 0.2) is 0 Å². The van der Waals surface area contributed by atoms with Crippen LogP contribution in [0.4, 0.5) is 0 Å². The highest BCUT2D eigenvalue weighted by atomic mass is 14.4. The largest absolute Gasteiger partial charge is 0.0619 e. The summed E-state index contributed by atoms with van der Waals surface area (Å²) >= 11 is 0. The van der Waals surface area contributed by atoms with Crippen LogP contribution < -0.4 is 0 Å². The van der Waals surface area contributed by atoms with Crippen LogP contribution in [0.2, 0.25) is 0 Å². The van der Waals surface area contributed by atoms with Crippen LogP contribution >= 0.6 is 0 Å². The van der Waals surface area contributed by atoms with Crippen molar-refractivity contribution in [1.82, 2.24) is 0 Å². The molecule has 10 aromatic carbocycles. The van der Waals surface area contributed by atoms with Gasteiger partial charge in [0.2, 0.25) is 0 Å². The van der Waals surface area contributed by atoms with Gasteiger partial charge < -0.3 is 0 Å². The average Bonchev–Trinajstić information content (AvgIpc) is 3.64. The predicted octanol–water partition coefficient (Wildman–Crippen LogP) is 15.9. The Morgan fingerprint density at radius 1 is 0.241 bits per heavy atom. The normalized spacial score (nSPS) is 14.5. The quantitative estimate of drug-likeness (QED) is 0.158. The zero-order chi connectivity index (χ0) is 38.9. The highest BCUT2D eigenvalue weighted by Crippen LogP contribution is 2.52. The van der Waals surface area contributed by atoms with E-state index < -0.39 is 0 Å². The molecular weight excluding hydrogens is 697 g/mol. The molecule has 0 spiro atoms. The lowest BCUT2D eigenvalue weighted by molar-refractivity contribution is 0.660.